The zero-order valence-electron chi connectivity index (χ0n) is 16.7. The van der Waals surface area contributed by atoms with Crippen LogP contribution in [0.1, 0.15) is 42.9 Å². The van der Waals surface area contributed by atoms with Crippen molar-refractivity contribution in [3.8, 4) is 17.0 Å². The van der Waals surface area contributed by atoms with E-state index in [-0.39, 0.29) is 6.61 Å². The van der Waals surface area contributed by atoms with Crippen LogP contribution in [0.4, 0.5) is 4.39 Å². The summed E-state index contributed by atoms with van der Waals surface area (Å²) in [5, 5.41) is 1.81. The molecule has 0 fully saturated rings. The van der Waals surface area contributed by atoms with Crippen molar-refractivity contribution in [3.05, 3.63) is 64.5 Å². The number of esters is 1. The lowest BCUT2D eigenvalue weighted by molar-refractivity contribution is 0.0606. The van der Waals surface area contributed by atoms with E-state index < -0.39 is 11.8 Å². The van der Waals surface area contributed by atoms with E-state index in [0.29, 0.717) is 21.9 Å². The monoisotopic (exact) mass is 404 g/mol. The minimum atomic E-state index is -0.414. The number of aromatic nitrogens is 2. The van der Waals surface area contributed by atoms with Crippen molar-refractivity contribution >= 4 is 17.3 Å². The van der Waals surface area contributed by atoms with Crippen LogP contribution < -0.4 is 4.74 Å². The van der Waals surface area contributed by atoms with Crippen molar-refractivity contribution in [3.63, 3.8) is 0 Å². The number of hydrogen-bond donors (Lipinski definition) is 0. The number of nitrogens with zero attached hydrogens (tertiary/aromatic N) is 2. The molecular weight excluding hydrogens is 379 g/mol. The van der Waals surface area contributed by atoms with E-state index in [1.54, 1.807) is 30.6 Å². The maximum Gasteiger partial charge on any atom is 0.348 e. The van der Waals surface area contributed by atoms with Crippen LogP contribution in [-0.4, -0.2) is 23.0 Å². The van der Waals surface area contributed by atoms with Crippen molar-refractivity contribution in [2.75, 3.05) is 7.11 Å². The van der Waals surface area contributed by atoms with Gasteiger partial charge in [0.15, 0.2) is 0 Å². The predicted octanol–water partition coefficient (Wildman–Crippen LogP) is 5.76. The fourth-order valence-corrected chi connectivity index (χ4v) is 2.90. The van der Waals surface area contributed by atoms with E-state index in [9.17, 15) is 9.18 Å². The van der Waals surface area contributed by atoms with Crippen molar-refractivity contribution in [2.24, 2.45) is 0 Å². The molecule has 0 N–H and O–H groups in total. The van der Waals surface area contributed by atoms with Gasteiger partial charge in [0, 0.05) is 28.9 Å². The Kier molecular flexibility index (Phi) is 10.4. The third-order valence-electron chi connectivity index (χ3n) is 3.19. The number of carbonyl (C=O) groups excluding carboxylic acids is 1. The topological polar surface area (TPSA) is 61.3 Å². The molecule has 0 radical (unpaired) electrons. The molecule has 3 rings (SSSR count). The molecule has 0 saturated heterocycles. The predicted molar refractivity (Wildman–Crippen MR) is 110 cm³/mol. The van der Waals surface area contributed by atoms with Gasteiger partial charge in [0.2, 0.25) is 0 Å². The molecule has 7 heteroatoms. The second-order valence-corrected chi connectivity index (χ2v) is 5.75. The van der Waals surface area contributed by atoms with Crippen molar-refractivity contribution in [1.29, 1.82) is 0 Å². The summed E-state index contributed by atoms with van der Waals surface area (Å²) < 4.78 is 23.6. The van der Waals surface area contributed by atoms with Crippen molar-refractivity contribution < 1.29 is 18.7 Å². The molecule has 28 heavy (non-hydrogen) atoms. The van der Waals surface area contributed by atoms with Crippen LogP contribution in [0.25, 0.3) is 11.3 Å². The molecule has 3 aromatic rings. The Morgan fingerprint density at radius 3 is 2.61 bits per heavy atom. The summed E-state index contributed by atoms with van der Waals surface area (Å²) in [6.07, 6.45) is 4.32. The van der Waals surface area contributed by atoms with Crippen LogP contribution in [0.2, 0.25) is 0 Å². The molecule has 0 amide bonds. The lowest BCUT2D eigenvalue weighted by Gasteiger charge is -2.09. The first-order valence-corrected chi connectivity index (χ1v) is 9.90. The summed E-state index contributed by atoms with van der Waals surface area (Å²) in [5.41, 5.74) is 1.98. The lowest BCUT2D eigenvalue weighted by atomic mass is 10.2. The van der Waals surface area contributed by atoms with Crippen LogP contribution in [0.3, 0.4) is 0 Å². The molecule has 5 nitrogen and oxygen atoms in total. The highest BCUT2D eigenvalue weighted by Crippen LogP contribution is 2.31. The first kappa shape index (κ1) is 23.2. The zero-order valence-corrected chi connectivity index (χ0v) is 17.5. The van der Waals surface area contributed by atoms with Gasteiger partial charge < -0.3 is 9.47 Å². The molecule has 3 aromatic heterocycles. The van der Waals surface area contributed by atoms with E-state index in [0.717, 1.165) is 11.8 Å². The molecule has 150 valence electrons. The minimum absolute atomic E-state index is 0.164. The van der Waals surface area contributed by atoms with Gasteiger partial charge in [-0.25, -0.2) is 9.18 Å². The summed E-state index contributed by atoms with van der Waals surface area (Å²) in [6.45, 7) is 8.16. The first-order valence-electron chi connectivity index (χ1n) is 9.02. The van der Waals surface area contributed by atoms with E-state index in [2.05, 4.69) is 9.97 Å². The highest BCUT2D eigenvalue weighted by Gasteiger charge is 2.14. The highest BCUT2D eigenvalue weighted by molar-refractivity contribution is 7.12. The van der Waals surface area contributed by atoms with Gasteiger partial charge in [-0.15, -0.1) is 11.3 Å². The molecule has 0 atom stereocenters. The maximum absolute atomic E-state index is 13.2. The molecule has 3 heterocycles. The number of pyridine rings is 2. The number of hydrogen-bond acceptors (Lipinski definition) is 6. The Bertz CT molecular complexity index is 868. The Morgan fingerprint density at radius 2 is 1.93 bits per heavy atom. The van der Waals surface area contributed by atoms with Gasteiger partial charge in [-0.05, 0) is 24.3 Å². The molecule has 0 aliphatic carbocycles. The molecule has 0 aromatic carbocycles. The van der Waals surface area contributed by atoms with Crippen LogP contribution in [0.15, 0.2) is 48.2 Å². The molecule has 0 bridgehead atoms. The van der Waals surface area contributed by atoms with Gasteiger partial charge in [0.25, 0.3) is 0 Å². The van der Waals surface area contributed by atoms with Crippen molar-refractivity contribution in [2.45, 2.75) is 34.3 Å². The Morgan fingerprint density at radius 1 is 1.18 bits per heavy atom. The second kappa shape index (κ2) is 12.6. The quantitative estimate of drug-likeness (QED) is 0.506. The lowest BCUT2D eigenvalue weighted by Crippen LogP contribution is -1.99. The normalized spacial score (nSPS) is 9.36. The van der Waals surface area contributed by atoms with Crippen LogP contribution in [0.5, 0.6) is 5.75 Å². The third kappa shape index (κ3) is 6.42. The zero-order chi connectivity index (χ0) is 20.9. The Balaban J connectivity index is 0.000000921. The largest absolute Gasteiger partial charge is 0.487 e. The average molecular weight is 405 g/mol. The molecule has 0 aliphatic heterocycles. The first-order chi connectivity index (χ1) is 13.7. The van der Waals surface area contributed by atoms with Gasteiger partial charge in [-0.2, -0.15) is 0 Å². The second-order valence-electron chi connectivity index (χ2n) is 4.84. The van der Waals surface area contributed by atoms with Gasteiger partial charge in [0.1, 0.15) is 28.7 Å². The number of carbonyl (C=O) groups is 1. The molecule has 0 spiro atoms. The highest BCUT2D eigenvalue weighted by atomic mass is 32.1. The minimum Gasteiger partial charge on any atom is -0.487 e. The standard InChI is InChI=1S/C17H13FN2O3S.2C2H6/c1-22-17(21)15-6-12(10-24-15)16-14(3-2-4-20-16)23-9-11-5-13(18)8-19-7-11;2*1-2/h2-8,10H,9H2,1H3;2*1-2H3. The van der Waals surface area contributed by atoms with E-state index in [4.69, 9.17) is 9.47 Å². The molecule has 0 unspecified atom stereocenters. The number of thiophene rings is 1. The molecule has 0 saturated carbocycles. The summed E-state index contributed by atoms with van der Waals surface area (Å²) >= 11 is 1.27. The van der Waals surface area contributed by atoms with Crippen molar-refractivity contribution in [1.82, 2.24) is 9.97 Å². The van der Waals surface area contributed by atoms with Crippen LogP contribution >= 0.6 is 11.3 Å². The summed E-state index contributed by atoms with van der Waals surface area (Å²) in [5.74, 6) is -0.269. The number of rotatable bonds is 5. The molecular formula is C21H25FN2O3S. The van der Waals surface area contributed by atoms with Gasteiger partial charge >= 0.3 is 5.97 Å². The Labute approximate surface area is 169 Å². The fraction of sp³-hybridized carbons (Fsp3) is 0.286. The maximum atomic E-state index is 13.2. The third-order valence-corrected chi connectivity index (χ3v) is 4.10. The van der Waals surface area contributed by atoms with Crippen LogP contribution in [0, 0.1) is 5.82 Å². The summed E-state index contributed by atoms with van der Waals surface area (Å²) in [6, 6.07) is 6.58. The van der Waals surface area contributed by atoms with Gasteiger partial charge in [-0.3, -0.25) is 9.97 Å². The van der Waals surface area contributed by atoms with E-state index in [1.165, 1.54) is 24.5 Å². The smallest absolute Gasteiger partial charge is 0.348 e. The summed E-state index contributed by atoms with van der Waals surface area (Å²) in [4.78, 5) is 20.2. The number of methoxy groups -OCH3 is 1. The Hall–Kier alpha value is -2.80. The number of ether oxygens (including phenoxy) is 2. The fourth-order valence-electron chi connectivity index (χ4n) is 2.09. The van der Waals surface area contributed by atoms with Gasteiger partial charge in [0.05, 0.1) is 13.3 Å². The average Bonchev–Trinajstić information content (AvgIpc) is 3.25. The van der Waals surface area contributed by atoms with Gasteiger partial charge in [-0.1, -0.05) is 27.7 Å². The van der Waals surface area contributed by atoms with E-state index in [1.807, 2.05) is 33.1 Å². The number of halogens is 1. The summed E-state index contributed by atoms with van der Waals surface area (Å²) in [7, 11) is 1.34. The SMILES string of the molecule is CC.CC.COC(=O)c1cc(-c2ncccc2OCc2cncc(F)c2)cs1. The van der Waals surface area contributed by atoms with E-state index >= 15 is 0 Å². The molecule has 0 aliphatic rings. The van der Waals surface area contributed by atoms with Crippen LogP contribution in [-0.2, 0) is 11.3 Å².